The Kier molecular flexibility index (Phi) is 6.25. The van der Waals surface area contributed by atoms with Crippen LogP contribution in [0.25, 0.3) is 0 Å². The van der Waals surface area contributed by atoms with Gasteiger partial charge in [-0.1, -0.05) is 0 Å². The van der Waals surface area contributed by atoms with Crippen LogP contribution in [0.4, 0.5) is 18.9 Å². The Labute approximate surface area is 194 Å². The van der Waals surface area contributed by atoms with Crippen molar-refractivity contribution < 1.29 is 22.8 Å². The standard InChI is InChI=1S/C23H25F3N6O2/c1-30-13-29-10-20(30)22(34)31-6-4-14(5-7-31)17-11-32(12-18(17)21(28)33)16-3-2-15(9-27)19(8-16)23(24,25)26/h2-3,8,10,13-14,17-18H,4-7,11-12H2,1H3,(H2,28,33)/t17-,18+/m0/s1. The van der Waals surface area contributed by atoms with Gasteiger partial charge in [-0.2, -0.15) is 18.4 Å². The zero-order valence-electron chi connectivity index (χ0n) is 18.6. The summed E-state index contributed by atoms with van der Waals surface area (Å²) in [5, 5.41) is 9.04. The summed E-state index contributed by atoms with van der Waals surface area (Å²) in [4.78, 5) is 32.5. The van der Waals surface area contributed by atoms with Gasteiger partial charge in [0.25, 0.3) is 5.91 Å². The van der Waals surface area contributed by atoms with E-state index in [1.54, 1.807) is 33.8 Å². The number of hydrogen-bond donors (Lipinski definition) is 1. The summed E-state index contributed by atoms with van der Waals surface area (Å²) in [5.74, 6) is -1.11. The molecule has 0 saturated carbocycles. The number of piperidine rings is 1. The van der Waals surface area contributed by atoms with Crippen LogP contribution in [0, 0.1) is 29.1 Å². The van der Waals surface area contributed by atoms with Gasteiger partial charge >= 0.3 is 6.18 Å². The molecule has 2 saturated heterocycles. The first kappa shape index (κ1) is 23.6. The molecular formula is C23H25F3N6O2. The van der Waals surface area contributed by atoms with Crippen molar-refractivity contribution in [3.63, 3.8) is 0 Å². The summed E-state index contributed by atoms with van der Waals surface area (Å²) in [6, 6.07) is 5.19. The fourth-order valence-corrected chi connectivity index (χ4v) is 5.14. The number of aryl methyl sites for hydroxylation is 1. The van der Waals surface area contributed by atoms with Crippen LogP contribution in [0.3, 0.4) is 0 Å². The molecule has 0 aliphatic carbocycles. The van der Waals surface area contributed by atoms with Gasteiger partial charge in [-0.3, -0.25) is 9.59 Å². The smallest absolute Gasteiger partial charge is 0.370 e. The van der Waals surface area contributed by atoms with Crippen LogP contribution in [0.5, 0.6) is 0 Å². The van der Waals surface area contributed by atoms with Crippen molar-refractivity contribution in [1.82, 2.24) is 14.5 Å². The molecule has 3 heterocycles. The van der Waals surface area contributed by atoms with E-state index in [0.717, 1.165) is 12.1 Å². The maximum atomic E-state index is 13.4. The lowest BCUT2D eigenvalue weighted by molar-refractivity contribution is -0.137. The molecule has 11 heteroatoms. The fraction of sp³-hybridized carbons (Fsp3) is 0.478. The average molecular weight is 474 g/mol. The van der Waals surface area contributed by atoms with Crippen LogP contribution in [0.15, 0.2) is 30.7 Å². The Morgan fingerprint density at radius 2 is 1.91 bits per heavy atom. The van der Waals surface area contributed by atoms with Crippen molar-refractivity contribution in [3.05, 3.63) is 47.5 Å². The maximum absolute atomic E-state index is 13.4. The second-order valence-electron chi connectivity index (χ2n) is 8.94. The molecule has 0 radical (unpaired) electrons. The molecule has 1 aromatic carbocycles. The first-order valence-electron chi connectivity index (χ1n) is 11.0. The zero-order chi connectivity index (χ0) is 24.6. The number of halogens is 3. The van der Waals surface area contributed by atoms with Gasteiger partial charge in [0, 0.05) is 38.9 Å². The number of rotatable bonds is 4. The number of carbonyl (C=O) groups is 2. The molecule has 2 amide bonds. The molecule has 0 spiro atoms. The van der Waals surface area contributed by atoms with Crippen molar-refractivity contribution in [1.29, 1.82) is 5.26 Å². The second-order valence-corrected chi connectivity index (χ2v) is 8.94. The minimum absolute atomic E-state index is 0.102. The summed E-state index contributed by atoms with van der Waals surface area (Å²) in [6.07, 6.45) is -0.215. The van der Waals surface area contributed by atoms with Gasteiger partial charge < -0.3 is 20.1 Å². The van der Waals surface area contributed by atoms with Gasteiger partial charge in [-0.05, 0) is 42.9 Å². The van der Waals surface area contributed by atoms with E-state index in [0.29, 0.717) is 43.9 Å². The van der Waals surface area contributed by atoms with Gasteiger partial charge in [0.2, 0.25) is 5.91 Å². The Balaban J connectivity index is 1.49. The molecule has 2 atom stereocenters. The van der Waals surface area contributed by atoms with Crippen LogP contribution in [0.2, 0.25) is 0 Å². The third-order valence-corrected chi connectivity index (χ3v) is 6.99. The topological polar surface area (TPSA) is 108 Å². The number of primary amides is 1. The molecule has 2 aliphatic heterocycles. The molecule has 2 N–H and O–H groups in total. The normalized spacial score (nSPS) is 21.5. The van der Waals surface area contributed by atoms with Crippen LogP contribution in [-0.4, -0.2) is 52.4 Å². The Hall–Kier alpha value is -3.55. The number of nitrogens with zero attached hydrogens (tertiary/aromatic N) is 5. The molecule has 2 fully saturated rings. The number of alkyl halides is 3. The number of carbonyl (C=O) groups excluding carboxylic acids is 2. The highest BCUT2D eigenvalue weighted by molar-refractivity contribution is 5.92. The number of likely N-dealkylation sites (tertiary alicyclic amines) is 1. The highest BCUT2D eigenvalue weighted by Gasteiger charge is 2.43. The number of hydrogen-bond acceptors (Lipinski definition) is 5. The largest absolute Gasteiger partial charge is 0.417 e. The van der Waals surface area contributed by atoms with Gasteiger partial charge in [0.05, 0.1) is 35.6 Å². The summed E-state index contributed by atoms with van der Waals surface area (Å²) in [5.41, 5.74) is 5.05. The van der Waals surface area contributed by atoms with Crippen molar-refractivity contribution in [2.24, 2.45) is 30.5 Å². The lowest BCUT2D eigenvalue weighted by atomic mass is 9.78. The average Bonchev–Trinajstić information content (AvgIpc) is 3.44. The number of aromatic nitrogens is 2. The molecule has 4 rings (SSSR count). The molecule has 2 aromatic rings. The highest BCUT2D eigenvalue weighted by Crippen LogP contribution is 2.40. The van der Waals surface area contributed by atoms with Gasteiger partial charge in [-0.15, -0.1) is 0 Å². The first-order chi connectivity index (χ1) is 16.1. The summed E-state index contributed by atoms with van der Waals surface area (Å²) < 4.78 is 41.9. The molecule has 0 bridgehead atoms. The van der Waals surface area contributed by atoms with E-state index in [-0.39, 0.29) is 24.3 Å². The van der Waals surface area contributed by atoms with E-state index in [9.17, 15) is 22.8 Å². The molecule has 0 unspecified atom stereocenters. The second kappa shape index (κ2) is 9.00. The number of anilines is 1. The number of amides is 2. The highest BCUT2D eigenvalue weighted by atomic mass is 19.4. The molecule has 34 heavy (non-hydrogen) atoms. The quantitative estimate of drug-likeness (QED) is 0.732. The Morgan fingerprint density at radius 3 is 2.47 bits per heavy atom. The summed E-state index contributed by atoms with van der Waals surface area (Å²) in [7, 11) is 1.75. The summed E-state index contributed by atoms with van der Waals surface area (Å²) in [6.45, 7) is 1.64. The number of nitriles is 1. The maximum Gasteiger partial charge on any atom is 0.417 e. The summed E-state index contributed by atoms with van der Waals surface area (Å²) >= 11 is 0. The molecule has 1 aromatic heterocycles. The Bertz CT molecular complexity index is 1130. The number of benzene rings is 1. The van der Waals surface area contributed by atoms with Crippen molar-refractivity contribution in [2.45, 2.75) is 19.0 Å². The van der Waals surface area contributed by atoms with E-state index in [1.807, 2.05) is 0 Å². The van der Waals surface area contributed by atoms with Crippen LogP contribution >= 0.6 is 0 Å². The van der Waals surface area contributed by atoms with Crippen molar-refractivity contribution >= 4 is 17.5 Å². The molecule has 8 nitrogen and oxygen atoms in total. The molecule has 2 aliphatic rings. The molecular weight excluding hydrogens is 449 g/mol. The Morgan fingerprint density at radius 1 is 1.21 bits per heavy atom. The molecule has 180 valence electrons. The third-order valence-electron chi connectivity index (χ3n) is 6.99. The van der Waals surface area contributed by atoms with E-state index in [2.05, 4.69) is 4.98 Å². The van der Waals surface area contributed by atoms with E-state index >= 15 is 0 Å². The van der Waals surface area contributed by atoms with E-state index in [1.165, 1.54) is 12.3 Å². The predicted octanol–water partition coefficient (Wildman–Crippen LogP) is 2.40. The lowest BCUT2D eigenvalue weighted by Gasteiger charge is -2.36. The minimum atomic E-state index is -4.66. The van der Waals surface area contributed by atoms with Crippen LogP contribution < -0.4 is 10.6 Å². The fourth-order valence-electron chi connectivity index (χ4n) is 5.14. The minimum Gasteiger partial charge on any atom is -0.370 e. The van der Waals surface area contributed by atoms with Crippen molar-refractivity contribution in [3.8, 4) is 6.07 Å². The lowest BCUT2D eigenvalue weighted by Crippen LogP contribution is -2.43. The number of nitrogens with two attached hydrogens (primary N) is 1. The van der Waals surface area contributed by atoms with Crippen LogP contribution in [-0.2, 0) is 18.0 Å². The monoisotopic (exact) mass is 474 g/mol. The van der Waals surface area contributed by atoms with Crippen molar-refractivity contribution in [2.75, 3.05) is 31.1 Å². The number of imidazole rings is 1. The first-order valence-corrected chi connectivity index (χ1v) is 11.0. The van der Waals surface area contributed by atoms with Gasteiger partial charge in [0.1, 0.15) is 5.69 Å². The third kappa shape index (κ3) is 4.44. The SMILES string of the molecule is Cn1cncc1C(=O)N1CCC([C@@H]2CN(c3ccc(C#N)c(C(F)(F)F)c3)C[C@H]2C(N)=O)CC1. The van der Waals surface area contributed by atoms with Gasteiger partial charge in [-0.25, -0.2) is 4.98 Å². The zero-order valence-corrected chi connectivity index (χ0v) is 18.6. The van der Waals surface area contributed by atoms with E-state index < -0.39 is 29.1 Å². The van der Waals surface area contributed by atoms with Gasteiger partial charge in [0.15, 0.2) is 0 Å². The van der Waals surface area contributed by atoms with E-state index in [4.69, 9.17) is 11.0 Å². The van der Waals surface area contributed by atoms with Crippen LogP contribution in [0.1, 0.15) is 34.5 Å². The predicted molar refractivity (Wildman–Crippen MR) is 116 cm³/mol.